The van der Waals surface area contributed by atoms with Gasteiger partial charge in [-0.2, -0.15) is 4.31 Å². The monoisotopic (exact) mass is 372 g/mol. The summed E-state index contributed by atoms with van der Waals surface area (Å²) in [4.78, 5) is 14.5. The van der Waals surface area contributed by atoms with Crippen molar-refractivity contribution in [1.82, 2.24) is 4.31 Å². The number of sulfonamides is 1. The summed E-state index contributed by atoms with van der Waals surface area (Å²) >= 11 is 0. The number of nitrogens with zero attached hydrogens (tertiary/aromatic N) is 2. The topological polar surface area (TPSA) is 57.7 Å². The number of piperidine rings is 1. The van der Waals surface area contributed by atoms with E-state index in [1.54, 1.807) is 25.2 Å². The fourth-order valence-corrected chi connectivity index (χ4v) is 4.64. The SMILES string of the molecule is CC1CCN(S(=O)(=O)c2cccc(C(=O)N(C)c3ccccc3)c2)CC1. The molecule has 1 amide bonds. The fraction of sp³-hybridized carbons (Fsp3) is 0.350. The highest BCUT2D eigenvalue weighted by Crippen LogP contribution is 2.24. The second-order valence-corrected chi connectivity index (χ2v) is 8.75. The first kappa shape index (κ1) is 18.6. The normalized spacial score (nSPS) is 16.4. The number of hydrogen-bond acceptors (Lipinski definition) is 3. The van der Waals surface area contributed by atoms with E-state index in [2.05, 4.69) is 6.92 Å². The predicted octanol–water partition coefficient (Wildman–Crippen LogP) is 3.38. The van der Waals surface area contributed by atoms with Gasteiger partial charge in [0, 0.05) is 31.4 Å². The van der Waals surface area contributed by atoms with Crippen LogP contribution in [0.3, 0.4) is 0 Å². The Morgan fingerprint density at radius 2 is 1.69 bits per heavy atom. The fourth-order valence-electron chi connectivity index (χ4n) is 3.13. The third kappa shape index (κ3) is 3.81. The van der Waals surface area contributed by atoms with Crippen LogP contribution in [0.4, 0.5) is 5.69 Å². The summed E-state index contributed by atoms with van der Waals surface area (Å²) in [6.45, 7) is 3.21. The molecule has 0 unspecified atom stereocenters. The molecule has 0 atom stereocenters. The molecule has 0 bridgehead atoms. The van der Waals surface area contributed by atoms with Gasteiger partial charge in [0.15, 0.2) is 0 Å². The molecule has 0 saturated carbocycles. The van der Waals surface area contributed by atoms with E-state index < -0.39 is 10.0 Å². The van der Waals surface area contributed by atoms with E-state index in [9.17, 15) is 13.2 Å². The summed E-state index contributed by atoms with van der Waals surface area (Å²) in [5, 5.41) is 0. The van der Waals surface area contributed by atoms with Crippen LogP contribution in [-0.4, -0.2) is 38.8 Å². The quantitative estimate of drug-likeness (QED) is 0.827. The van der Waals surface area contributed by atoms with Gasteiger partial charge < -0.3 is 4.90 Å². The van der Waals surface area contributed by atoms with Crippen LogP contribution in [-0.2, 0) is 10.0 Å². The molecule has 3 rings (SSSR count). The maximum Gasteiger partial charge on any atom is 0.258 e. The Kier molecular flexibility index (Phi) is 5.44. The number of carbonyl (C=O) groups excluding carboxylic acids is 1. The van der Waals surface area contributed by atoms with Gasteiger partial charge in [-0.3, -0.25) is 4.79 Å². The molecule has 0 N–H and O–H groups in total. The average molecular weight is 372 g/mol. The van der Waals surface area contributed by atoms with Gasteiger partial charge >= 0.3 is 0 Å². The zero-order valence-electron chi connectivity index (χ0n) is 15.1. The molecule has 2 aromatic carbocycles. The lowest BCUT2D eigenvalue weighted by molar-refractivity contribution is 0.0993. The Labute approximate surface area is 155 Å². The number of anilines is 1. The molecule has 0 spiro atoms. The summed E-state index contributed by atoms with van der Waals surface area (Å²) in [7, 11) is -1.88. The Bertz CT molecular complexity index is 873. The van der Waals surface area contributed by atoms with Gasteiger partial charge in [0.2, 0.25) is 10.0 Å². The first-order chi connectivity index (χ1) is 12.4. The summed E-state index contributed by atoms with van der Waals surface area (Å²) < 4.78 is 27.3. The summed E-state index contributed by atoms with van der Waals surface area (Å²) in [6.07, 6.45) is 1.74. The lowest BCUT2D eigenvalue weighted by Crippen LogP contribution is -2.38. The molecule has 2 aromatic rings. The molecule has 6 heteroatoms. The number of amides is 1. The van der Waals surface area contributed by atoms with Crippen molar-refractivity contribution in [3.8, 4) is 0 Å². The van der Waals surface area contributed by atoms with Crippen LogP contribution in [0.1, 0.15) is 30.1 Å². The number of rotatable bonds is 4. The van der Waals surface area contributed by atoms with Crippen molar-refractivity contribution in [3.63, 3.8) is 0 Å². The van der Waals surface area contributed by atoms with Crippen molar-refractivity contribution in [1.29, 1.82) is 0 Å². The highest BCUT2D eigenvalue weighted by molar-refractivity contribution is 7.89. The Hall–Kier alpha value is -2.18. The molecule has 0 aliphatic carbocycles. The predicted molar refractivity (Wildman–Crippen MR) is 103 cm³/mol. The lowest BCUT2D eigenvalue weighted by atomic mass is 10.0. The molecule has 0 radical (unpaired) electrons. The van der Waals surface area contributed by atoms with Crippen LogP contribution in [0.25, 0.3) is 0 Å². The van der Waals surface area contributed by atoms with Crippen molar-refractivity contribution in [2.75, 3.05) is 25.0 Å². The highest BCUT2D eigenvalue weighted by atomic mass is 32.2. The maximum atomic E-state index is 12.9. The Morgan fingerprint density at radius 3 is 2.35 bits per heavy atom. The second kappa shape index (κ2) is 7.60. The van der Waals surface area contributed by atoms with E-state index >= 15 is 0 Å². The minimum Gasteiger partial charge on any atom is -0.311 e. The Balaban J connectivity index is 1.85. The maximum absolute atomic E-state index is 12.9. The smallest absolute Gasteiger partial charge is 0.258 e. The van der Waals surface area contributed by atoms with E-state index in [1.165, 1.54) is 15.3 Å². The summed E-state index contributed by atoms with van der Waals surface area (Å²) in [6, 6.07) is 15.6. The largest absolute Gasteiger partial charge is 0.311 e. The van der Waals surface area contributed by atoms with E-state index in [1.807, 2.05) is 30.3 Å². The zero-order valence-corrected chi connectivity index (χ0v) is 15.9. The van der Waals surface area contributed by atoms with E-state index in [4.69, 9.17) is 0 Å². The van der Waals surface area contributed by atoms with E-state index in [-0.39, 0.29) is 10.8 Å². The van der Waals surface area contributed by atoms with Gasteiger partial charge in [0.25, 0.3) is 5.91 Å². The van der Waals surface area contributed by atoms with Crippen LogP contribution in [0, 0.1) is 5.92 Å². The van der Waals surface area contributed by atoms with Crippen LogP contribution >= 0.6 is 0 Å². The molecular formula is C20H24N2O3S. The first-order valence-corrected chi connectivity index (χ1v) is 10.3. The van der Waals surface area contributed by atoms with Crippen molar-refractivity contribution in [3.05, 3.63) is 60.2 Å². The van der Waals surface area contributed by atoms with Crippen molar-refractivity contribution in [2.24, 2.45) is 5.92 Å². The molecule has 0 aromatic heterocycles. The molecule has 138 valence electrons. The molecule has 1 heterocycles. The molecule has 1 fully saturated rings. The lowest BCUT2D eigenvalue weighted by Gasteiger charge is -2.29. The van der Waals surface area contributed by atoms with Crippen molar-refractivity contribution < 1.29 is 13.2 Å². The Morgan fingerprint density at radius 1 is 1.04 bits per heavy atom. The van der Waals surface area contributed by atoms with Gasteiger partial charge in [-0.25, -0.2) is 8.42 Å². The molecule has 5 nitrogen and oxygen atoms in total. The number of benzene rings is 2. The van der Waals surface area contributed by atoms with Gasteiger partial charge in [0.05, 0.1) is 4.90 Å². The first-order valence-electron chi connectivity index (χ1n) is 8.83. The van der Waals surface area contributed by atoms with Gasteiger partial charge in [0.1, 0.15) is 0 Å². The molecule has 1 aliphatic rings. The second-order valence-electron chi connectivity index (χ2n) is 6.81. The van der Waals surface area contributed by atoms with Gasteiger partial charge in [-0.15, -0.1) is 0 Å². The zero-order chi connectivity index (χ0) is 18.7. The molecule has 1 saturated heterocycles. The molecule has 26 heavy (non-hydrogen) atoms. The standard InChI is InChI=1S/C20H24N2O3S/c1-16-11-13-22(14-12-16)26(24,25)19-10-6-7-17(15-19)20(23)21(2)18-8-4-3-5-9-18/h3-10,15-16H,11-14H2,1-2H3. The van der Waals surface area contributed by atoms with Gasteiger partial charge in [-0.1, -0.05) is 31.2 Å². The number of carbonyl (C=O) groups is 1. The third-order valence-electron chi connectivity index (χ3n) is 4.91. The van der Waals surface area contributed by atoms with Crippen LogP contribution in [0.5, 0.6) is 0 Å². The van der Waals surface area contributed by atoms with Crippen LogP contribution < -0.4 is 4.90 Å². The average Bonchev–Trinajstić information content (AvgIpc) is 2.68. The van der Waals surface area contributed by atoms with Crippen LogP contribution in [0.2, 0.25) is 0 Å². The van der Waals surface area contributed by atoms with E-state index in [0.717, 1.165) is 18.5 Å². The van der Waals surface area contributed by atoms with Crippen molar-refractivity contribution in [2.45, 2.75) is 24.7 Å². The molecular weight excluding hydrogens is 348 g/mol. The van der Waals surface area contributed by atoms with Gasteiger partial charge in [-0.05, 0) is 49.1 Å². The summed E-state index contributed by atoms with van der Waals surface area (Å²) in [5.74, 6) is 0.314. The minimum atomic E-state index is -3.57. The number of para-hydroxylation sites is 1. The third-order valence-corrected chi connectivity index (χ3v) is 6.80. The highest BCUT2D eigenvalue weighted by Gasteiger charge is 2.28. The van der Waals surface area contributed by atoms with Crippen molar-refractivity contribution >= 4 is 21.6 Å². The number of hydrogen-bond donors (Lipinski definition) is 0. The van der Waals surface area contributed by atoms with E-state index in [0.29, 0.717) is 24.6 Å². The summed E-state index contributed by atoms with van der Waals surface area (Å²) in [5.41, 5.74) is 1.12. The minimum absolute atomic E-state index is 0.180. The molecule has 1 aliphatic heterocycles. The van der Waals surface area contributed by atoms with Crippen LogP contribution in [0.15, 0.2) is 59.5 Å².